The summed E-state index contributed by atoms with van der Waals surface area (Å²) in [6.07, 6.45) is 0.484. The standard InChI is InChI=1S/C10H7BrCl3NO/c11-5-1-9(16)15(4-5)6-2-7(12)10(14)8(13)3-6/h2-3,5H,1,4H2. The predicted molar refractivity (Wildman–Crippen MR) is 71.2 cm³/mol. The highest BCUT2D eigenvalue weighted by Gasteiger charge is 2.29. The Bertz CT molecular complexity index is 429. The lowest BCUT2D eigenvalue weighted by atomic mass is 10.3. The fourth-order valence-corrected chi connectivity index (χ4v) is 2.76. The van der Waals surface area contributed by atoms with Crippen LogP contribution in [-0.2, 0) is 4.79 Å². The summed E-state index contributed by atoms with van der Waals surface area (Å²) < 4.78 is 0. The topological polar surface area (TPSA) is 20.3 Å². The molecule has 0 saturated carbocycles. The molecule has 1 aromatic rings. The average molecular weight is 343 g/mol. The summed E-state index contributed by atoms with van der Waals surface area (Å²) in [5.41, 5.74) is 0.686. The molecule has 0 aliphatic carbocycles. The highest BCUT2D eigenvalue weighted by Crippen LogP contribution is 2.36. The van der Waals surface area contributed by atoms with Crippen LogP contribution >= 0.6 is 50.7 Å². The van der Waals surface area contributed by atoms with Crippen LogP contribution in [0.1, 0.15) is 6.42 Å². The fraction of sp³-hybridized carbons (Fsp3) is 0.300. The third-order valence-electron chi connectivity index (χ3n) is 2.36. The van der Waals surface area contributed by atoms with Crippen LogP contribution in [0, 0.1) is 0 Å². The van der Waals surface area contributed by atoms with Crippen molar-refractivity contribution in [2.75, 3.05) is 11.4 Å². The number of carbonyl (C=O) groups excluding carboxylic acids is 1. The van der Waals surface area contributed by atoms with Gasteiger partial charge in [0, 0.05) is 23.5 Å². The highest BCUT2D eigenvalue weighted by molar-refractivity contribution is 9.09. The molecular weight excluding hydrogens is 336 g/mol. The van der Waals surface area contributed by atoms with Gasteiger partial charge in [0.2, 0.25) is 5.91 Å². The normalized spacial score (nSPS) is 20.6. The van der Waals surface area contributed by atoms with Crippen molar-refractivity contribution in [2.45, 2.75) is 11.2 Å². The van der Waals surface area contributed by atoms with E-state index in [9.17, 15) is 4.79 Å². The van der Waals surface area contributed by atoms with E-state index < -0.39 is 0 Å². The van der Waals surface area contributed by atoms with Gasteiger partial charge in [0.05, 0.1) is 15.1 Å². The zero-order chi connectivity index (χ0) is 11.9. The molecule has 6 heteroatoms. The van der Waals surface area contributed by atoms with Crippen molar-refractivity contribution in [1.82, 2.24) is 0 Å². The molecule has 86 valence electrons. The molecule has 1 aromatic carbocycles. The Morgan fingerprint density at radius 1 is 1.25 bits per heavy atom. The Balaban J connectivity index is 2.38. The van der Waals surface area contributed by atoms with Gasteiger partial charge >= 0.3 is 0 Å². The number of benzene rings is 1. The minimum Gasteiger partial charge on any atom is -0.311 e. The second-order valence-corrected chi connectivity index (χ2v) is 6.02. The zero-order valence-corrected chi connectivity index (χ0v) is 11.9. The molecule has 2 rings (SSSR count). The van der Waals surface area contributed by atoms with E-state index in [4.69, 9.17) is 34.8 Å². The molecule has 0 aromatic heterocycles. The summed E-state index contributed by atoms with van der Waals surface area (Å²) in [4.78, 5) is 13.5. The average Bonchev–Trinajstić information content (AvgIpc) is 2.53. The summed E-state index contributed by atoms with van der Waals surface area (Å²) in [7, 11) is 0. The van der Waals surface area contributed by atoms with Crippen LogP contribution in [0.25, 0.3) is 0 Å². The second-order valence-electron chi connectivity index (χ2n) is 3.53. The van der Waals surface area contributed by atoms with Crippen molar-refractivity contribution in [3.63, 3.8) is 0 Å². The number of alkyl halides is 1. The first-order valence-electron chi connectivity index (χ1n) is 4.58. The number of nitrogens with zero attached hydrogens (tertiary/aromatic N) is 1. The van der Waals surface area contributed by atoms with Gasteiger partial charge in [-0.1, -0.05) is 50.7 Å². The van der Waals surface area contributed by atoms with Gasteiger partial charge in [0.1, 0.15) is 0 Å². The third kappa shape index (κ3) is 2.33. The van der Waals surface area contributed by atoms with Gasteiger partial charge in [-0.05, 0) is 12.1 Å². The molecule has 16 heavy (non-hydrogen) atoms. The predicted octanol–water partition coefficient (Wildman–Crippen LogP) is 4.15. The van der Waals surface area contributed by atoms with E-state index in [1.54, 1.807) is 17.0 Å². The Kier molecular flexibility index (Phi) is 3.69. The molecule has 1 aliphatic rings. The van der Waals surface area contributed by atoms with Crippen molar-refractivity contribution in [3.05, 3.63) is 27.2 Å². The van der Waals surface area contributed by atoms with Crippen molar-refractivity contribution < 1.29 is 4.79 Å². The molecule has 0 bridgehead atoms. The lowest BCUT2D eigenvalue weighted by Gasteiger charge is -2.17. The van der Waals surface area contributed by atoms with Gasteiger partial charge in [-0.3, -0.25) is 4.79 Å². The van der Waals surface area contributed by atoms with E-state index >= 15 is 0 Å². The van der Waals surface area contributed by atoms with E-state index in [0.717, 1.165) is 0 Å². The molecule has 0 N–H and O–H groups in total. The maximum Gasteiger partial charge on any atom is 0.228 e. The molecule has 1 atom stereocenters. The van der Waals surface area contributed by atoms with Crippen LogP contribution < -0.4 is 4.90 Å². The maximum atomic E-state index is 11.7. The van der Waals surface area contributed by atoms with Crippen LogP contribution in [0.4, 0.5) is 5.69 Å². The highest BCUT2D eigenvalue weighted by atomic mass is 79.9. The largest absolute Gasteiger partial charge is 0.311 e. The molecule has 1 unspecified atom stereocenters. The Morgan fingerprint density at radius 3 is 2.25 bits per heavy atom. The van der Waals surface area contributed by atoms with Gasteiger partial charge in [0.15, 0.2) is 0 Å². The van der Waals surface area contributed by atoms with Gasteiger partial charge in [-0.15, -0.1) is 0 Å². The first-order valence-corrected chi connectivity index (χ1v) is 6.63. The quantitative estimate of drug-likeness (QED) is 0.554. The van der Waals surface area contributed by atoms with Crippen LogP contribution in [0.2, 0.25) is 15.1 Å². The van der Waals surface area contributed by atoms with Crippen molar-refractivity contribution in [2.24, 2.45) is 0 Å². The first kappa shape index (κ1) is 12.5. The molecule has 1 amide bonds. The molecule has 2 nitrogen and oxygen atoms in total. The monoisotopic (exact) mass is 341 g/mol. The molecule has 1 saturated heterocycles. The minimum absolute atomic E-state index is 0.0522. The van der Waals surface area contributed by atoms with E-state index in [1.807, 2.05) is 0 Å². The number of rotatable bonds is 1. The first-order chi connectivity index (χ1) is 7.49. The maximum absolute atomic E-state index is 11.7. The van der Waals surface area contributed by atoms with Crippen LogP contribution in [-0.4, -0.2) is 17.3 Å². The molecular formula is C10H7BrCl3NO. The number of hydrogen-bond acceptors (Lipinski definition) is 1. The summed E-state index contributed by atoms with van der Waals surface area (Å²) in [6.45, 7) is 0.618. The number of amides is 1. The molecule has 0 radical (unpaired) electrons. The van der Waals surface area contributed by atoms with E-state index in [1.165, 1.54) is 0 Å². The van der Waals surface area contributed by atoms with Crippen LogP contribution in [0.5, 0.6) is 0 Å². The minimum atomic E-state index is 0.0522. The molecule has 1 heterocycles. The summed E-state index contributed by atoms with van der Waals surface area (Å²) in [5.74, 6) is 0.0522. The number of hydrogen-bond donors (Lipinski definition) is 0. The molecule has 0 spiro atoms. The van der Waals surface area contributed by atoms with Crippen LogP contribution in [0.15, 0.2) is 12.1 Å². The third-order valence-corrected chi connectivity index (χ3v) is 4.17. The fourth-order valence-electron chi connectivity index (χ4n) is 1.61. The van der Waals surface area contributed by atoms with Gasteiger partial charge in [0.25, 0.3) is 0 Å². The second kappa shape index (κ2) is 4.73. The number of halogens is 4. The van der Waals surface area contributed by atoms with E-state index in [-0.39, 0.29) is 10.7 Å². The summed E-state index contributed by atoms with van der Waals surface area (Å²) >= 11 is 21.1. The number of carbonyl (C=O) groups is 1. The lowest BCUT2D eigenvalue weighted by molar-refractivity contribution is -0.117. The van der Waals surface area contributed by atoms with Gasteiger partial charge < -0.3 is 4.90 Å². The Labute approximate surface area is 117 Å². The lowest BCUT2D eigenvalue weighted by Crippen LogP contribution is -2.24. The smallest absolute Gasteiger partial charge is 0.228 e. The molecule has 1 aliphatic heterocycles. The number of anilines is 1. The van der Waals surface area contributed by atoms with Gasteiger partial charge in [-0.25, -0.2) is 0 Å². The van der Waals surface area contributed by atoms with Crippen LogP contribution in [0.3, 0.4) is 0 Å². The zero-order valence-electron chi connectivity index (χ0n) is 8.01. The summed E-state index contributed by atoms with van der Waals surface area (Å²) in [6, 6.07) is 3.30. The van der Waals surface area contributed by atoms with Crippen molar-refractivity contribution >= 4 is 62.3 Å². The van der Waals surface area contributed by atoms with Crippen molar-refractivity contribution in [3.8, 4) is 0 Å². The SMILES string of the molecule is O=C1CC(Br)CN1c1cc(Cl)c(Cl)c(Cl)c1. The van der Waals surface area contributed by atoms with E-state index in [0.29, 0.717) is 33.7 Å². The Morgan fingerprint density at radius 2 is 1.81 bits per heavy atom. The van der Waals surface area contributed by atoms with Crippen molar-refractivity contribution in [1.29, 1.82) is 0 Å². The summed E-state index contributed by atoms with van der Waals surface area (Å²) in [5, 5.41) is 1.03. The molecule has 1 fully saturated rings. The van der Waals surface area contributed by atoms with E-state index in [2.05, 4.69) is 15.9 Å². The van der Waals surface area contributed by atoms with Gasteiger partial charge in [-0.2, -0.15) is 0 Å². The Hall–Kier alpha value is 0.0400.